The second kappa shape index (κ2) is 9.70. The van der Waals surface area contributed by atoms with E-state index in [0.29, 0.717) is 0 Å². The van der Waals surface area contributed by atoms with E-state index in [9.17, 15) is 0 Å². The molecular weight excluding hydrogens is 308 g/mol. The van der Waals surface area contributed by atoms with Gasteiger partial charge in [0.05, 0.1) is 0 Å². The summed E-state index contributed by atoms with van der Waals surface area (Å²) in [4.78, 5) is 0. The molecule has 0 heterocycles. The summed E-state index contributed by atoms with van der Waals surface area (Å²) < 4.78 is 0. The average molecular weight is 349 g/mol. The Kier molecular flexibility index (Phi) is 7.62. The first kappa shape index (κ1) is 18.9. The SMILES string of the molecule is CC1CC=C(CSC2CCCCC2C2CCCCCCC2)CC1C. The smallest absolute Gasteiger partial charge is 0.0146 e. The molecule has 2 saturated carbocycles. The minimum absolute atomic E-state index is 0.899. The zero-order valence-electron chi connectivity index (χ0n) is 16.3. The predicted molar refractivity (Wildman–Crippen MR) is 110 cm³/mol. The van der Waals surface area contributed by atoms with E-state index in [-0.39, 0.29) is 0 Å². The number of hydrogen-bond acceptors (Lipinski definition) is 1. The van der Waals surface area contributed by atoms with E-state index in [1.165, 1.54) is 76.4 Å². The molecule has 0 saturated heterocycles. The summed E-state index contributed by atoms with van der Waals surface area (Å²) in [6, 6.07) is 0. The van der Waals surface area contributed by atoms with Crippen molar-refractivity contribution < 1.29 is 0 Å². The van der Waals surface area contributed by atoms with Crippen LogP contribution in [0.25, 0.3) is 0 Å². The van der Waals surface area contributed by atoms with E-state index in [4.69, 9.17) is 0 Å². The predicted octanol–water partition coefficient (Wildman–Crippen LogP) is 7.63. The van der Waals surface area contributed by atoms with Gasteiger partial charge < -0.3 is 0 Å². The molecule has 0 aliphatic heterocycles. The van der Waals surface area contributed by atoms with Crippen LogP contribution in [0.15, 0.2) is 11.6 Å². The van der Waals surface area contributed by atoms with Crippen molar-refractivity contribution in [2.24, 2.45) is 23.7 Å². The van der Waals surface area contributed by atoms with Gasteiger partial charge in [-0.25, -0.2) is 0 Å². The maximum absolute atomic E-state index is 2.59. The van der Waals surface area contributed by atoms with Crippen molar-refractivity contribution in [2.45, 2.75) is 103 Å². The Hall–Kier alpha value is 0.0900. The highest BCUT2D eigenvalue weighted by Crippen LogP contribution is 2.43. The van der Waals surface area contributed by atoms with Crippen molar-refractivity contribution in [3.63, 3.8) is 0 Å². The molecule has 0 bridgehead atoms. The van der Waals surface area contributed by atoms with Gasteiger partial charge in [0.2, 0.25) is 0 Å². The summed E-state index contributed by atoms with van der Waals surface area (Å²) in [7, 11) is 0. The molecule has 2 fully saturated rings. The first-order chi connectivity index (χ1) is 11.7. The Morgan fingerprint density at radius 1 is 0.833 bits per heavy atom. The van der Waals surface area contributed by atoms with Gasteiger partial charge in [-0.15, -0.1) is 0 Å². The van der Waals surface area contributed by atoms with E-state index >= 15 is 0 Å². The first-order valence-electron chi connectivity index (χ1n) is 11.0. The quantitative estimate of drug-likeness (QED) is 0.470. The molecule has 0 spiro atoms. The zero-order chi connectivity index (χ0) is 16.8. The fraction of sp³-hybridized carbons (Fsp3) is 0.913. The average Bonchev–Trinajstić information content (AvgIpc) is 2.56. The third kappa shape index (κ3) is 5.29. The first-order valence-corrected chi connectivity index (χ1v) is 12.1. The molecule has 3 rings (SSSR count). The minimum atomic E-state index is 0.899. The van der Waals surface area contributed by atoms with Crippen molar-refractivity contribution in [1.82, 2.24) is 0 Å². The van der Waals surface area contributed by atoms with Crippen LogP contribution < -0.4 is 0 Å². The number of thioether (sulfide) groups is 1. The Morgan fingerprint density at radius 3 is 2.25 bits per heavy atom. The van der Waals surface area contributed by atoms with Crippen molar-refractivity contribution in [3.05, 3.63) is 11.6 Å². The Morgan fingerprint density at radius 2 is 1.50 bits per heavy atom. The second-order valence-corrected chi connectivity index (χ2v) is 10.4. The summed E-state index contributed by atoms with van der Waals surface area (Å²) in [5.41, 5.74) is 1.77. The molecule has 3 aliphatic carbocycles. The highest BCUT2D eigenvalue weighted by atomic mass is 32.2. The van der Waals surface area contributed by atoms with Crippen LogP contribution in [0.3, 0.4) is 0 Å². The van der Waals surface area contributed by atoms with E-state index in [1.54, 1.807) is 18.4 Å². The van der Waals surface area contributed by atoms with Crippen LogP contribution in [-0.4, -0.2) is 11.0 Å². The summed E-state index contributed by atoms with van der Waals surface area (Å²) in [6.07, 6.45) is 21.9. The third-order valence-electron chi connectivity index (χ3n) is 7.33. The highest BCUT2D eigenvalue weighted by molar-refractivity contribution is 8.00. The van der Waals surface area contributed by atoms with Gasteiger partial charge in [0.15, 0.2) is 0 Å². The summed E-state index contributed by atoms with van der Waals surface area (Å²) in [5, 5.41) is 0.971. The molecule has 0 aromatic heterocycles. The number of hydrogen-bond donors (Lipinski definition) is 0. The van der Waals surface area contributed by atoms with Crippen molar-refractivity contribution in [3.8, 4) is 0 Å². The molecule has 0 amide bonds. The summed E-state index contributed by atoms with van der Waals surface area (Å²) in [5.74, 6) is 5.24. The minimum Gasteiger partial charge on any atom is -0.154 e. The van der Waals surface area contributed by atoms with Crippen LogP contribution in [0.1, 0.15) is 97.3 Å². The topological polar surface area (TPSA) is 0 Å². The van der Waals surface area contributed by atoms with Crippen LogP contribution in [0.5, 0.6) is 0 Å². The third-order valence-corrected chi connectivity index (χ3v) is 8.88. The maximum Gasteiger partial charge on any atom is 0.0146 e. The fourth-order valence-corrected chi connectivity index (χ4v) is 7.01. The number of rotatable bonds is 4. The monoisotopic (exact) mass is 348 g/mol. The molecular formula is C23H40S. The lowest BCUT2D eigenvalue weighted by Gasteiger charge is -2.38. The normalized spacial score (nSPS) is 36.7. The van der Waals surface area contributed by atoms with Gasteiger partial charge in [-0.2, -0.15) is 11.8 Å². The Balaban J connectivity index is 1.54. The molecule has 4 unspecified atom stereocenters. The van der Waals surface area contributed by atoms with Crippen LogP contribution in [-0.2, 0) is 0 Å². The van der Waals surface area contributed by atoms with Crippen LogP contribution in [0.4, 0.5) is 0 Å². The molecule has 3 aliphatic rings. The molecule has 0 nitrogen and oxygen atoms in total. The summed E-state index contributed by atoms with van der Waals surface area (Å²) >= 11 is 2.35. The van der Waals surface area contributed by atoms with Gasteiger partial charge in [-0.3, -0.25) is 0 Å². The maximum atomic E-state index is 2.59. The Labute approximate surface area is 155 Å². The molecule has 1 heteroatoms. The molecule has 0 aromatic rings. The molecule has 0 N–H and O–H groups in total. The van der Waals surface area contributed by atoms with Crippen molar-refractivity contribution in [1.29, 1.82) is 0 Å². The molecule has 0 radical (unpaired) electrons. The van der Waals surface area contributed by atoms with Crippen LogP contribution in [0, 0.1) is 23.7 Å². The van der Waals surface area contributed by atoms with E-state index in [1.807, 2.05) is 0 Å². The van der Waals surface area contributed by atoms with Gasteiger partial charge in [-0.1, -0.05) is 83.3 Å². The van der Waals surface area contributed by atoms with E-state index < -0.39 is 0 Å². The lowest BCUT2D eigenvalue weighted by Crippen LogP contribution is -2.30. The summed E-state index contributed by atoms with van der Waals surface area (Å²) in [6.45, 7) is 4.89. The Bertz CT molecular complexity index is 391. The highest BCUT2D eigenvalue weighted by Gasteiger charge is 2.32. The molecule has 4 atom stereocenters. The number of allylic oxidation sites excluding steroid dienone is 1. The van der Waals surface area contributed by atoms with Crippen LogP contribution in [0.2, 0.25) is 0 Å². The van der Waals surface area contributed by atoms with Gasteiger partial charge >= 0.3 is 0 Å². The zero-order valence-corrected chi connectivity index (χ0v) is 17.1. The van der Waals surface area contributed by atoms with Gasteiger partial charge in [0.25, 0.3) is 0 Å². The largest absolute Gasteiger partial charge is 0.154 e. The standard InChI is InChI=1S/C23H40S/c1-18-14-15-20(16-19(18)2)17-24-23-13-9-8-12-22(23)21-10-6-4-3-5-7-11-21/h15,18-19,21-23H,3-14,16-17H2,1-2H3. The molecule has 138 valence electrons. The van der Waals surface area contributed by atoms with E-state index in [2.05, 4.69) is 31.7 Å². The lowest BCUT2D eigenvalue weighted by atomic mass is 9.74. The van der Waals surface area contributed by atoms with Crippen LogP contribution >= 0.6 is 11.8 Å². The van der Waals surface area contributed by atoms with Crippen molar-refractivity contribution in [2.75, 3.05) is 5.75 Å². The lowest BCUT2D eigenvalue weighted by molar-refractivity contribution is 0.215. The van der Waals surface area contributed by atoms with E-state index in [0.717, 1.165) is 28.9 Å². The van der Waals surface area contributed by atoms with Gasteiger partial charge in [0, 0.05) is 11.0 Å². The fourth-order valence-electron chi connectivity index (χ4n) is 5.40. The second-order valence-electron chi connectivity index (χ2n) is 9.16. The van der Waals surface area contributed by atoms with Gasteiger partial charge in [-0.05, 0) is 49.4 Å². The molecule has 24 heavy (non-hydrogen) atoms. The van der Waals surface area contributed by atoms with Crippen molar-refractivity contribution >= 4 is 11.8 Å². The molecule has 0 aromatic carbocycles. The van der Waals surface area contributed by atoms with Gasteiger partial charge in [0.1, 0.15) is 0 Å².